The fraction of sp³-hybridized carbons (Fsp3) is 0.224. The average Bonchev–Trinajstić information content (AvgIpc) is 3.92. The van der Waals surface area contributed by atoms with Crippen LogP contribution in [0.15, 0.2) is 178 Å². The molecule has 63 heavy (non-hydrogen) atoms. The number of aromatic amines is 1. The molecule has 0 bridgehead atoms. The molecule has 1 N–H and O–H groups in total. The van der Waals surface area contributed by atoms with Gasteiger partial charge in [-0.3, -0.25) is 19.6 Å². The maximum atomic E-state index is 13.3. The summed E-state index contributed by atoms with van der Waals surface area (Å²) >= 11 is 0. The standard InChI is InChI=1S/C25H26N4O2S.C24H24N4O2S/c1-27-24-13-12-21(29-16-14-28(15-17-29)19-20-8-4-2-5-9-20)18-23(24)25(26-27)32(30,31)22-10-6-3-7-11-22;29-31(30,21-9-5-2-6-10-21)24-22-17-20(11-12-23(22)25-26-24)28-15-13-27(14-16-28)18-19-7-3-1-4-8-19/h2-13,18H,14-17,19H2,1H3;1-12,17H,13-16,18H2,(H,25,26). The van der Waals surface area contributed by atoms with Crippen molar-refractivity contribution < 1.29 is 16.8 Å². The van der Waals surface area contributed by atoms with Crippen molar-refractivity contribution in [2.24, 2.45) is 7.05 Å². The highest BCUT2D eigenvalue weighted by Gasteiger charge is 2.27. The first-order valence-electron chi connectivity index (χ1n) is 21.2. The molecule has 2 aromatic heterocycles. The van der Waals surface area contributed by atoms with Crippen molar-refractivity contribution in [1.82, 2.24) is 29.8 Å². The molecule has 0 radical (unpaired) electrons. The van der Waals surface area contributed by atoms with Crippen molar-refractivity contribution in [3.05, 3.63) is 169 Å². The summed E-state index contributed by atoms with van der Waals surface area (Å²) in [6.45, 7) is 9.38. The number of anilines is 2. The Labute approximate surface area is 368 Å². The summed E-state index contributed by atoms with van der Waals surface area (Å²) in [6, 6.07) is 49.9. The van der Waals surface area contributed by atoms with Crippen molar-refractivity contribution in [3.8, 4) is 0 Å². The SMILES string of the molecule is Cn1nc(S(=O)(=O)c2ccccc2)c2cc(N3CCN(Cc4ccccc4)CC3)ccc21.O=S(=O)(c1ccccc1)c1[nH]nc2ccc(N3CCN(Cc4ccccc4)CC3)cc12. The van der Waals surface area contributed by atoms with E-state index >= 15 is 0 Å². The van der Waals surface area contributed by atoms with E-state index in [9.17, 15) is 16.8 Å². The van der Waals surface area contributed by atoms with E-state index in [1.165, 1.54) is 11.1 Å². The van der Waals surface area contributed by atoms with Gasteiger partial charge in [0, 0.05) is 94.6 Å². The van der Waals surface area contributed by atoms with E-state index in [-0.39, 0.29) is 19.8 Å². The lowest BCUT2D eigenvalue weighted by Gasteiger charge is -2.36. The van der Waals surface area contributed by atoms with Gasteiger partial charge in [-0.15, -0.1) is 0 Å². The second kappa shape index (κ2) is 18.2. The summed E-state index contributed by atoms with van der Waals surface area (Å²) in [5.74, 6) is 0. The van der Waals surface area contributed by atoms with Gasteiger partial charge in [0.05, 0.1) is 20.8 Å². The zero-order chi connectivity index (χ0) is 43.4. The van der Waals surface area contributed by atoms with Gasteiger partial charge in [-0.25, -0.2) is 16.8 Å². The van der Waals surface area contributed by atoms with Gasteiger partial charge in [-0.05, 0) is 71.8 Å². The van der Waals surface area contributed by atoms with Crippen LogP contribution >= 0.6 is 0 Å². The van der Waals surface area contributed by atoms with Crippen LogP contribution in [-0.2, 0) is 39.8 Å². The Hall–Kier alpha value is -6.32. The predicted octanol–water partition coefficient (Wildman–Crippen LogP) is 7.45. The number of benzene rings is 6. The predicted molar refractivity (Wildman–Crippen MR) is 248 cm³/mol. The first-order valence-corrected chi connectivity index (χ1v) is 24.2. The first kappa shape index (κ1) is 42.0. The van der Waals surface area contributed by atoms with Gasteiger partial charge < -0.3 is 9.80 Å². The molecule has 10 rings (SSSR count). The van der Waals surface area contributed by atoms with Gasteiger partial charge in [0.15, 0.2) is 10.1 Å². The molecular weight excluding hydrogens is 829 g/mol. The number of hydrogen-bond acceptors (Lipinski definition) is 10. The Morgan fingerprint density at radius 3 is 1.46 bits per heavy atom. The smallest absolute Gasteiger partial charge is 0.226 e. The molecule has 0 unspecified atom stereocenters. The Kier molecular flexibility index (Phi) is 12.1. The molecule has 2 aliphatic rings. The average molecular weight is 879 g/mol. The van der Waals surface area contributed by atoms with Gasteiger partial charge in [0.2, 0.25) is 19.7 Å². The second-order valence-corrected chi connectivity index (χ2v) is 19.8. The molecule has 4 heterocycles. The van der Waals surface area contributed by atoms with E-state index < -0.39 is 19.7 Å². The summed E-state index contributed by atoms with van der Waals surface area (Å²) < 4.78 is 54.4. The highest BCUT2D eigenvalue weighted by molar-refractivity contribution is 7.92. The molecule has 14 heteroatoms. The molecule has 0 amide bonds. The Morgan fingerprint density at radius 2 is 0.952 bits per heavy atom. The third kappa shape index (κ3) is 9.11. The molecule has 0 saturated carbocycles. The summed E-state index contributed by atoms with van der Waals surface area (Å²) in [4.78, 5) is 10.1. The molecular formula is C49H50N8O4S2. The monoisotopic (exact) mass is 878 g/mol. The first-order chi connectivity index (χ1) is 30.6. The summed E-state index contributed by atoms with van der Waals surface area (Å²) in [7, 11) is -5.57. The third-order valence-electron chi connectivity index (χ3n) is 11.9. The molecule has 2 aliphatic heterocycles. The fourth-order valence-electron chi connectivity index (χ4n) is 8.43. The molecule has 0 aliphatic carbocycles. The molecule has 12 nitrogen and oxygen atoms in total. The third-order valence-corrected chi connectivity index (χ3v) is 15.4. The number of aromatic nitrogens is 4. The zero-order valence-corrected chi connectivity index (χ0v) is 36.8. The quantitative estimate of drug-likeness (QED) is 0.148. The van der Waals surface area contributed by atoms with Crippen LogP contribution in [0.1, 0.15) is 11.1 Å². The molecule has 2 saturated heterocycles. The molecule has 2 fully saturated rings. The molecule has 8 aromatic rings. The maximum absolute atomic E-state index is 13.3. The van der Waals surface area contributed by atoms with Crippen LogP contribution < -0.4 is 9.80 Å². The normalized spacial score (nSPS) is 15.4. The van der Waals surface area contributed by atoms with Crippen LogP contribution in [0.2, 0.25) is 0 Å². The van der Waals surface area contributed by atoms with E-state index in [1.807, 2.05) is 48.5 Å². The number of rotatable bonds is 10. The highest BCUT2D eigenvalue weighted by Crippen LogP contribution is 2.32. The lowest BCUT2D eigenvalue weighted by atomic mass is 10.1. The number of nitrogens with zero attached hydrogens (tertiary/aromatic N) is 7. The minimum Gasteiger partial charge on any atom is -0.369 e. The van der Waals surface area contributed by atoms with Crippen LogP contribution in [-0.4, -0.2) is 99.0 Å². The highest BCUT2D eigenvalue weighted by atomic mass is 32.2. The van der Waals surface area contributed by atoms with Crippen LogP contribution in [0.4, 0.5) is 11.4 Å². The van der Waals surface area contributed by atoms with Gasteiger partial charge in [-0.2, -0.15) is 10.2 Å². The van der Waals surface area contributed by atoms with Gasteiger partial charge in [0.1, 0.15) is 0 Å². The van der Waals surface area contributed by atoms with Crippen molar-refractivity contribution >= 4 is 52.9 Å². The topological polar surface area (TPSA) is 128 Å². The van der Waals surface area contributed by atoms with Gasteiger partial charge in [0.25, 0.3) is 0 Å². The van der Waals surface area contributed by atoms with E-state index in [0.29, 0.717) is 16.3 Å². The van der Waals surface area contributed by atoms with Crippen LogP contribution in [0.5, 0.6) is 0 Å². The van der Waals surface area contributed by atoms with E-state index in [0.717, 1.165) is 82.3 Å². The number of sulfone groups is 2. The summed E-state index contributed by atoms with van der Waals surface area (Å²) in [5, 5.41) is 12.9. The zero-order valence-electron chi connectivity index (χ0n) is 35.2. The van der Waals surface area contributed by atoms with Crippen molar-refractivity contribution in [3.63, 3.8) is 0 Å². The minimum absolute atomic E-state index is 0.116. The minimum atomic E-state index is -3.69. The second-order valence-electron chi connectivity index (χ2n) is 16.0. The van der Waals surface area contributed by atoms with Gasteiger partial charge >= 0.3 is 0 Å². The number of hydrogen-bond donors (Lipinski definition) is 1. The maximum Gasteiger partial charge on any atom is 0.226 e. The molecule has 6 aromatic carbocycles. The van der Waals surface area contributed by atoms with Crippen LogP contribution in [0.3, 0.4) is 0 Å². The van der Waals surface area contributed by atoms with Crippen LogP contribution in [0, 0.1) is 0 Å². The largest absolute Gasteiger partial charge is 0.369 e. The number of aryl methyl sites for hydroxylation is 1. The van der Waals surface area contributed by atoms with Crippen LogP contribution in [0.25, 0.3) is 21.8 Å². The lowest BCUT2D eigenvalue weighted by Crippen LogP contribution is -2.45. The number of nitrogens with one attached hydrogen (secondary N) is 1. The Balaban J connectivity index is 0.000000160. The number of piperazine rings is 2. The van der Waals surface area contributed by atoms with E-state index in [1.54, 1.807) is 66.3 Å². The van der Waals surface area contributed by atoms with E-state index in [4.69, 9.17) is 0 Å². The molecule has 322 valence electrons. The number of H-pyrrole nitrogens is 1. The lowest BCUT2D eigenvalue weighted by molar-refractivity contribution is 0.250. The number of fused-ring (bicyclic) bond motifs is 2. The Morgan fingerprint density at radius 1 is 0.508 bits per heavy atom. The van der Waals surface area contributed by atoms with Crippen molar-refractivity contribution in [2.45, 2.75) is 32.9 Å². The summed E-state index contributed by atoms with van der Waals surface area (Å²) in [5.41, 5.74) is 6.18. The fourth-order valence-corrected chi connectivity index (χ4v) is 11.2. The summed E-state index contributed by atoms with van der Waals surface area (Å²) in [6.07, 6.45) is 0. The van der Waals surface area contributed by atoms with E-state index in [2.05, 4.69) is 89.5 Å². The Bertz CT molecular complexity index is 3020. The molecule has 0 atom stereocenters. The van der Waals surface area contributed by atoms with Gasteiger partial charge in [-0.1, -0.05) is 97.1 Å². The van der Waals surface area contributed by atoms with Crippen molar-refractivity contribution in [2.75, 3.05) is 62.2 Å². The van der Waals surface area contributed by atoms with Crippen molar-refractivity contribution in [1.29, 1.82) is 0 Å². The molecule has 0 spiro atoms.